The van der Waals surface area contributed by atoms with E-state index in [9.17, 15) is 0 Å². The van der Waals surface area contributed by atoms with Crippen LogP contribution >= 0.6 is 11.6 Å². The Morgan fingerprint density at radius 1 is 1.54 bits per heavy atom. The predicted molar refractivity (Wildman–Crippen MR) is 55.0 cm³/mol. The summed E-state index contributed by atoms with van der Waals surface area (Å²) in [6, 6.07) is 1.81. The van der Waals surface area contributed by atoms with Gasteiger partial charge in [-0.15, -0.1) is 0 Å². The fourth-order valence-corrected chi connectivity index (χ4v) is 0.987. The third-order valence-electron chi connectivity index (χ3n) is 1.98. The Kier molecular flexibility index (Phi) is 3.09. The highest BCUT2D eigenvalue weighted by atomic mass is 35.5. The second kappa shape index (κ2) is 3.92. The van der Waals surface area contributed by atoms with Crippen LogP contribution in [0.4, 0.5) is 5.82 Å². The SMILES string of the molecule is CCC(C)(C)Nc1ccnc(Cl)n1. The van der Waals surface area contributed by atoms with Crippen LogP contribution in [0.1, 0.15) is 27.2 Å². The molecule has 0 radical (unpaired) electrons. The van der Waals surface area contributed by atoms with Crippen LogP contribution in [0.15, 0.2) is 12.3 Å². The van der Waals surface area contributed by atoms with Crippen molar-refractivity contribution in [2.45, 2.75) is 32.7 Å². The lowest BCUT2D eigenvalue weighted by Crippen LogP contribution is -2.30. The van der Waals surface area contributed by atoms with Crippen LogP contribution in [0.2, 0.25) is 5.28 Å². The molecule has 1 heterocycles. The van der Waals surface area contributed by atoms with Crippen molar-refractivity contribution in [1.82, 2.24) is 9.97 Å². The van der Waals surface area contributed by atoms with Crippen LogP contribution in [-0.2, 0) is 0 Å². The van der Waals surface area contributed by atoms with Gasteiger partial charge in [0, 0.05) is 11.7 Å². The van der Waals surface area contributed by atoms with Crippen LogP contribution < -0.4 is 5.32 Å². The van der Waals surface area contributed by atoms with Gasteiger partial charge < -0.3 is 5.32 Å². The highest BCUT2D eigenvalue weighted by molar-refractivity contribution is 6.28. The van der Waals surface area contributed by atoms with E-state index in [0.29, 0.717) is 0 Å². The molecule has 1 N–H and O–H groups in total. The van der Waals surface area contributed by atoms with Gasteiger partial charge in [0.15, 0.2) is 0 Å². The third-order valence-corrected chi connectivity index (χ3v) is 2.16. The van der Waals surface area contributed by atoms with Gasteiger partial charge in [-0.3, -0.25) is 0 Å². The molecule has 0 aliphatic carbocycles. The van der Waals surface area contributed by atoms with Gasteiger partial charge in [-0.2, -0.15) is 0 Å². The summed E-state index contributed by atoms with van der Waals surface area (Å²) in [4.78, 5) is 7.86. The smallest absolute Gasteiger partial charge is 0.224 e. The first-order chi connectivity index (χ1) is 6.03. The molecule has 0 bridgehead atoms. The van der Waals surface area contributed by atoms with Crippen molar-refractivity contribution in [1.29, 1.82) is 0 Å². The summed E-state index contributed by atoms with van der Waals surface area (Å²) in [5.41, 5.74) is 0.0394. The number of anilines is 1. The number of hydrogen-bond acceptors (Lipinski definition) is 3. The Labute approximate surface area is 83.5 Å². The van der Waals surface area contributed by atoms with E-state index >= 15 is 0 Å². The standard InChI is InChI=1S/C9H14ClN3/c1-4-9(2,3)13-7-5-6-11-8(10)12-7/h5-6H,4H2,1-3H3,(H,11,12,13). The summed E-state index contributed by atoms with van der Waals surface area (Å²) < 4.78 is 0. The highest BCUT2D eigenvalue weighted by Crippen LogP contribution is 2.16. The van der Waals surface area contributed by atoms with Gasteiger partial charge in [0.1, 0.15) is 5.82 Å². The monoisotopic (exact) mass is 199 g/mol. The highest BCUT2D eigenvalue weighted by Gasteiger charge is 2.14. The fraction of sp³-hybridized carbons (Fsp3) is 0.556. The zero-order chi connectivity index (χ0) is 9.90. The number of aromatic nitrogens is 2. The van der Waals surface area contributed by atoms with Crippen LogP contribution in [-0.4, -0.2) is 15.5 Å². The van der Waals surface area contributed by atoms with Crippen molar-refractivity contribution >= 4 is 17.4 Å². The molecule has 0 aliphatic rings. The molecule has 0 aliphatic heterocycles. The molecule has 0 atom stereocenters. The average Bonchev–Trinajstić information content (AvgIpc) is 2.03. The molecule has 0 unspecified atom stereocenters. The summed E-state index contributed by atoms with van der Waals surface area (Å²) in [7, 11) is 0. The van der Waals surface area contributed by atoms with Gasteiger partial charge >= 0.3 is 0 Å². The molecule has 13 heavy (non-hydrogen) atoms. The van der Waals surface area contributed by atoms with E-state index in [4.69, 9.17) is 11.6 Å². The molecule has 0 fully saturated rings. The Morgan fingerprint density at radius 2 is 2.23 bits per heavy atom. The van der Waals surface area contributed by atoms with E-state index < -0.39 is 0 Å². The quantitative estimate of drug-likeness (QED) is 0.761. The molecule has 3 nitrogen and oxygen atoms in total. The number of halogens is 1. The molecule has 0 saturated carbocycles. The lowest BCUT2D eigenvalue weighted by Gasteiger charge is -2.24. The molecule has 0 spiro atoms. The summed E-state index contributed by atoms with van der Waals surface area (Å²) in [6.07, 6.45) is 2.66. The lowest BCUT2D eigenvalue weighted by atomic mass is 10.0. The van der Waals surface area contributed by atoms with Gasteiger partial charge in [0.05, 0.1) is 0 Å². The topological polar surface area (TPSA) is 37.8 Å². The minimum atomic E-state index is 0.0394. The summed E-state index contributed by atoms with van der Waals surface area (Å²) in [5, 5.41) is 3.55. The minimum absolute atomic E-state index is 0.0394. The van der Waals surface area contributed by atoms with Crippen LogP contribution in [0.3, 0.4) is 0 Å². The van der Waals surface area contributed by atoms with E-state index in [1.54, 1.807) is 6.20 Å². The normalized spacial score (nSPS) is 11.4. The molecule has 0 saturated heterocycles. The first kappa shape index (κ1) is 10.3. The largest absolute Gasteiger partial charge is 0.365 e. The van der Waals surface area contributed by atoms with Crippen molar-refractivity contribution in [2.24, 2.45) is 0 Å². The van der Waals surface area contributed by atoms with E-state index in [-0.39, 0.29) is 10.8 Å². The minimum Gasteiger partial charge on any atom is -0.365 e. The third kappa shape index (κ3) is 3.19. The van der Waals surface area contributed by atoms with Crippen molar-refractivity contribution in [3.8, 4) is 0 Å². The maximum Gasteiger partial charge on any atom is 0.224 e. The fourth-order valence-electron chi connectivity index (χ4n) is 0.840. The molecule has 72 valence electrons. The Morgan fingerprint density at radius 3 is 2.77 bits per heavy atom. The maximum atomic E-state index is 5.65. The first-order valence-corrected chi connectivity index (χ1v) is 4.68. The zero-order valence-electron chi connectivity index (χ0n) is 8.13. The van der Waals surface area contributed by atoms with Crippen LogP contribution in [0, 0.1) is 0 Å². The van der Waals surface area contributed by atoms with Gasteiger partial charge in [-0.1, -0.05) is 6.92 Å². The summed E-state index contributed by atoms with van der Waals surface area (Å²) >= 11 is 5.65. The van der Waals surface area contributed by atoms with Crippen molar-refractivity contribution in [3.05, 3.63) is 17.5 Å². The molecule has 0 aromatic carbocycles. The summed E-state index contributed by atoms with van der Waals surface area (Å²) in [6.45, 7) is 6.35. The van der Waals surface area contributed by atoms with Gasteiger partial charge in [-0.25, -0.2) is 9.97 Å². The second-order valence-corrected chi connectivity index (χ2v) is 3.91. The number of rotatable bonds is 3. The zero-order valence-corrected chi connectivity index (χ0v) is 8.89. The number of hydrogen-bond donors (Lipinski definition) is 1. The van der Waals surface area contributed by atoms with E-state index in [1.807, 2.05) is 6.07 Å². The lowest BCUT2D eigenvalue weighted by molar-refractivity contribution is 0.545. The van der Waals surface area contributed by atoms with Gasteiger partial charge in [-0.05, 0) is 37.9 Å². The van der Waals surface area contributed by atoms with Crippen LogP contribution in [0.5, 0.6) is 0 Å². The number of nitrogens with zero attached hydrogens (tertiary/aromatic N) is 2. The maximum absolute atomic E-state index is 5.65. The van der Waals surface area contributed by atoms with Gasteiger partial charge in [0.2, 0.25) is 5.28 Å². The van der Waals surface area contributed by atoms with Crippen molar-refractivity contribution in [3.63, 3.8) is 0 Å². The van der Waals surface area contributed by atoms with E-state index in [1.165, 1.54) is 0 Å². The Hall–Kier alpha value is -0.830. The molecule has 1 aromatic heterocycles. The van der Waals surface area contributed by atoms with E-state index in [2.05, 4.69) is 36.1 Å². The molecular weight excluding hydrogens is 186 g/mol. The summed E-state index contributed by atoms with van der Waals surface area (Å²) in [5.74, 6) is 0.770. The van der Waals surface area contributed by atoms with Gasteiger partial charge in [0.25, 0.3) is 0 Å². The Balaban J connectivity index is 2.74. The molecular formula is C9H14ClN3. The second-order valence-electron chi connectivity index (χ2n) is 3.57. The Bertz CT molecular complexity index is 286. The predicted octanol–water partition coefficient (Wildman–Crippen LogP) is 2.73. The first-order valence-electron chi connectivity index (χ1n) is 4.30. The van der Waals surface area contributed by atoms with Crippen molar-refractivity contribution < 1.29 is 0 Å². The number of nitrogens with one attached hydrogen (secondary N) is 1. The molecule has 1 aromatic rings. The van der Waals surface area contributed by atoms with Crippen LogP contribution in [0.25, 0.3) is 0 Å². The van der Waals surface area contributed by atoms with Crippen molar-refractivity contribution in [2.75, 3.05) is 5.32 Å². The van der Waals surface area contributed by atoms with E-state index in [0.717, 1.165) is 12.2 Å². The average molecular weight is 200 g/mol. The molecule has 0 amide bonds. The molecule has 4 heteroatoms. The molecule has 1 rings (SSSR count).